The lowest BCUT2D eigenvalue weighted by molar-refractivity contribution is 0.494. The highest BCUT2D eigenvalue weighted by atomic mass is 16.2. The zero-order chi connectivity index (χ0) is 23.3. The number of benzene rings is 1. The Morgan fingerprint density at radius 1 is 1.15 bits per heavy atom. The number of para-hydroxylation sites is 1. The summed E-state index contributed by atoms with van der Waals surface area (Å²) >= 11 is 0. The third kappa shape index (κ3) is 3.45. The fourth-order valence-electron chi connectivity index (χ4n) is 4.92. The summed E-state index contributed by atoms with van der Waals surface area (Å²) in [7, 11) is 3.58. The molecule has 2 aromatic heterocycles. The summed E-state index contributed by atoms with van der Waals surface area (Å²) in [4.78, 5) is 40.4. The number of anilines is 2. The van der Waals surface area contributed by atoms with Crippen molar-refractivity contribution >= 4 is 28.6 Å². The molecule has 1 saturated heterocycles. The fraction of sp³-hybridized carbons (Fsp3) is 0.478. The first kappa shape index (κ1) is 21.4. The van der Waals surface area contributed by atoms with Crippen LogP contribution in [0.3, 0.4) is 0 Å². The molecule has 10 heteroatoms. The summed E-state index contributed by atoms with van der Waals surface area (Å²) in [6.45, 7) is 4.70. The van der Waals surface area contributed by atoms with Gasteiger partial charge in [0.1, 0.15) is 5.84 Å². The third-order valence-electron chi connectivity index (χ3n) is 6.74. The zero-order valence-electron chi connectivity index (χ0n) is 19.4. The van der Waals surface area contributed by atoms with Gasteiger partial charge in [-0.25, -0.2) is 4.79 Å². The minimum absolute atomic E-state index is 0.0760. The Kier molecular flexibility index (Phi) is 5.32. The maximum atomic E-state index is 13.6. The Morgan fingerprint density at radius 3 is 2.70 bits per heavy atom. The van der Waals surface area contributed by atoms with Crippen molar-refractivity contribution in [3.8, 4) is 0 Å². The number of aryl methyl sites for hydroxylation is 2. The molecule has 1 unspecified atom stereocenters. The molecule has 1 atom stereocenters. The van der Waals surface area contributed by atoms with Gasteiger partial charge >= 0.3 is 5.69 Å². The van der Waals surface area contributed by atoms with Crippen LogP contribution < -0.4 is 26.8 Å². The maximum absolute atomic E-state index is 13.6. The minimum Gasteiger partial charge on any atom is -0.341 e. The Morgan fingerprint density at radius 2 is 1.94 bits per heavy atom. The average molecular weight is 451 g/mol. The minimum atomic E-state index is -0.398. The molecule has 0 saturated carbocycles. The molecule has 0 aliphatic carbocycles. The number of rotatable bonds is 4. The number of piperidine rings is 1. The van der Waals surface area contributed by atoms with Gasteiger partial charge in [0.2, 0.25) is 5.95 Å². The maximum Gasteiger partial charge on any atom is 0.332 e. The lowest BCUT2D eigenvalue weighted by atomic mass is 10.1. The average Bonchev–Trinajstić information content (AvgIpc) is 3.22. The molecule has 2 aliphatic rings. The van der Waals surface area contributed by atoms with E-state index in [-0.39, 0.29) is 18.1 Å². The Bertz CT molecular complexity index is 1370. The molecule has 2 aliphatic heterocycles. The molecule has 1 aromatic carbocycles. The van der Waals surface area contributed by atoms with E-state index in [1.807, 2.05) is 47.7 Å². The summed E-state index contributed by atoms with van der Waals surface area (Å²) < 4.78 is 4.64. The van der Waals surface area contributed by atoms with Gasteiger partial charge in [-0.3, -0.25) is 18.9 Å². The van der Waals surface area contributed by atoms with Gasteiger partial charge in [0, 0.05) is 45.5 Å². The molecule has 4 heterocycles. The van der Waals surface area contributed by atoms with Crippen LogP contribution in [-0.2, 0) is 26.7 Å². The van der Waals surface area contributed by atoms with E-state index < -0.39 is 5.69 Å². The van der Waals surface area contributed by atoms with Gasteiger partial charge in [0.15, 0.2) is 11.2 Å². The molecule has 3 aromatic rings. The molecule has 0 amide bonds. The Labute approximate surface area is 191 Å². The number of imidazole rings is 1. The number of hydrogen-bond donors (Lipinski definition) is 1. The molecule has 10 nitrogen and oxygen atoms in total. The first-order valence-electron chi connectivity index (χ1n) is 11.5. The van der Waals surface area contributed by atoms with E-state index in [0.29, 0.717) is 42.6 Å². The van der Waals surface area contributed by atoms with Crippen LogP contribution in [-0.4, -0.2) is 50.7 Å². The van der Waals surface area contributed by atoms with Crippen molar-refractivity contribution in [2.75, 3.05) is 29.9 Å². The summed E-state index contributed by atoms with van der Waals surface area (Å²) in [6, 6.07) is 8.10. The monoisotopic (exact) mass is 450 g/mol. The zero-order valence-corrected chi connectivity index (χ0v) is 19.4. The van der Waals surface area contributed by atoms with Crippen LogP contribution in [0.25, 0.3) is 11.2 Å². The van der Waals surface area contributed by atoms with Crippen LogP contribution in [0.4, 0.5) is 11.6 Å². The molecule has 33 heavy (non-hydrogen) atoms. The van der Waals surface area contributed by atoms with E-state index >= 15 is 0 Å². The standard InChI is InChI=1S/C23H30N8O2/c1-4-30-19-20(26-22(30)29-11-7-9-16(24)13-29)28(3)23(33)31(21(19)32)14-18-25-12-15-8-5-6-10-17(15)27(18)2/h5-6,8,10,16H,4,7,9,11-14,24H2,1-3H3. The van der Waals surface area contributed by atoms with Gasteiger partial charge < -0.3 is 20.1 Å². The normalized spacial score (nSPS) is 18.5. The van der Waals surface area contributed by atoms with Gasteiger partial charge in [0.25, 0.3) is 5.56 Å². The largest absolute Gasteiger partial charge is 0.341 e. The number of amidine groups is 1. The number of likely N-dealkylation sites (N-methyl/N-ethyl adjacent to an activating group) is 1. The van der Waals surface area contributed by atoms with E-state index in [4.69, 9.17) is 10.7 Å². The van der Waals surface area contributed by atoms with Crippen molar-refractivity contribution in [3.63, 3.8) is 0 Å². The van der Waals surface area contributed by atoms with Gasteiger partial charge in [-0.1, -0.05) is 18.2 Å². The molecule has 0 radical (unpaired) electrons. The van der Waals surface area contributed by atoms with E-state index in [2.05, 4.69) is 9.89 Å². The number of fused-ring (bicyclic) bond motifs is 2. The highest BCUT2D eigenvalue weighted by molar-refractivity contribution is 5.99. The predicted molar refractivity (Wildman–Crippen MR) is 130 cm³/mol. The SMILES string of the molecule is CCn1c(N2CCCC(N)C2)nc2c1c(=O)n(CC1=NCc3ccccc3N1C)c(=O)n2C. The van der Waals surface area contributed by atoms with E-state index in [1.54, 1.807) is 7.05 Å². The Balaban J connectivity index is 1.60. The second kappa shape index (κ2) is 8.18. The molecule has 5 rings (SSSR count). The summed E-state index contributed by atoms with van der Waals surface area (Å²) in [5.41, 5.74) is 8.45. The van der Waals surface area contributed by atoms with Crippen molar-refractivity contribution in [2.45, 2.75) is 45.4 Å². The molecular weight excluding hydrogens is 420 g/mol. The van der Waals surface area contributed by atoms with Crippen LogP contribution in [0.1, 0.15) is 25.3 Å². The first-order valence-corrected chi connectivity index (χ1v) is 11.5. The lowest BCUT2D eigenvalue weighted by Crippen LogP contribution is -2.45. The van der Waals surface area contributed by atoms with Gasteiger partial charge in [-0.05, 0) is 31.4 Å². The Hall–Kier alpha value is -3.40. The van der Waals surface area contributed by atoms with Crippen LogP contribution >= 0.6 is 0 Å². The quantitative estimate of drug-likeness (QED) is 0.633. The summed E-state index contributed by atoms with van der Waals surface area (Å²) in [5, 5.41) is 0. The van der Waals surface area contributed by atoms with Crippen molar-refractivity contribution in [1.82, 2.24) is 18.7 Å². The first-order chi connectivity index (χ1) is 15.9. The predicted octanol–water partition coefficient (Wildman–Crippen LogP) is 0.893. The summed E-state index contributed by atoms with van der Waals surface area (Å²) in [6.07, 6.45) is 1.96. The smallest absolute Gasteiger partial charge is 0.332 e. The van der Waals surface area contributed by atoms with E-state index in [0.717, 1.165) is 30.6 Å². The van der Waals surface area contributed by atoms with Crippen molar-refractivity contribution in [3.05, 3.63) is 50.7 Å². The van der Waals surface area contributed by atoms with Gasteiger partial charge in [-0.15, -0.1) is 0 Å². The van der Waals surface area contributed by atoms with Gasteiger partial charge in [-0.2, -0.15) is 4.98 Å². The molecule has 1 fully saturated rings. The topological polar surface area (TPSA) is 107 Å². The number of aromatic nitrogens is 4. The number of hydrogen-bond acceptors (Lipinski definition) is 7. The molecular formula is C23H30N8O2. The third-order valence-corrected chi connectivity index (χ3v) is 6.74. The van der Waals surface area contributed by atoms with Crippen molar-refractivity contribution < 1.29 is 0 Å². The molecule has 0 spiro atoms. The lowest BCUT2D eigenvalue weighted by Gasteiger charge is -2.31. The van der Waals surface area contributed by atoms with E-state index in [9.17, 15) is 9.59 Å². The van der Waals surface area contributed by atoms with Gasteiger partial charge in [0.05, 0.1) is 13.1 Å². The highest BCUT2D eigenvalue weighted by Crippen LogP contribution is 2.25. The number of nitrogens with two attached hydrogens (primary N) is 1. The molecule has 2 N–H and O–H groups in total. The van der Waals surface area contributed by atoms with Crippen LogP contribution in [0.2, 0.25) is 0 Å². The van der Waals surface area contributed by atoms with Crippen LogP contribution in [0.5, 0.6) is 0 Å². The second-order valence-corrected chi connectivity index (χ2v) is 8.83. The van der Waals surface area contributed by atoms with Crippen molar-refractivity contribution in [2.24, 2.45) is 17.8 Å². The fourth-order valence-corrected chi connectivity index (χ4v) is 4.92. The van der Waals surface area contributed by atoms with E-state index in [1.165, 1.54) is 9.13 Å². The van der Waals surface area contributed by atoms with Crippen LogP contribution in [0, 0.1) is 0 Å². The van der Waals surface area contributed by atoms with Crippen LogP contribution in [0.15, 0.2) is 38.8 Å². The number of aliphatic imine (C=N–C) groups is 1. The highest BCUT2D eigenvalue weighted by Gasteiger charge is 2.27. The molecule has 0 bridgehead atoms. The van der Waals surface area contributed by atoms with Crippen molar-refractivity contribution in [1.29, 1.82) is 0 Å². The number of nitrogens with zero attached hydrogens (tertiary/aromatic N) is 7. The summed E-state index contributed by atoms with van der Waals surface area (Å²) in [5.74, 6) is 1.38. The molecule has 174 valence electrons. The second-order valence-electron chi connectivity index (χ2n) is 8.83.